The summed E-state index contributed by atoms with van der Waals surface area (Å²) in [6, 6.07) is 0. The first-order chi connectivity index (χ1) is 5.31. The van der Waals surface area contributed by atoms with Gasteiger partial charge in [0.05, 0.1) is 19.8 Å². The van der Waals surface area contributed by atoms with Crippen molar-refractivity contribution in [1.82, 2.24) is 4.90 Å². The number of epoxide rings is 1. The smallest absolute Gasteiger partial charge is 0.409 e. The lowest BCUT2D eigenvalue weighted by Crippen LogP contribution is -2.39. The van der Waals surface area contributed by atoms with E-state index in [1.807, 2.05) is 0 Å². The van der Waals surface area contributed by atoms with Gasteiger partial charge in [0.25, 0.3) is 0 Å². The second-order valence-corrected chi connectivity index (χ2v) is 2.92. The third-order valence-electron chi connectivity index (χ3n) is 2.20. The van der Waals surface area contributed by atoms with Gasteiger partial charge in [-0.1, -0.05) is 0 Å². The minimum atomic E-state index is -0.237. The van der Waals surface area contributed by atoms with Gasteiger partial charge in [0.1, 0.15) is 6.10 Å². The molecule has 62 valence electrons. The predicted molar refractivity (Wildman–Crippen MR) is 37.3 cm³/mol. The minimum absolute atomic E-state index is 0.237. The molecule has 0 aromatic heterocycles. The first-order valence-corrected chi connectivity index (χ1v) is 3.79. The average Bonchev–Trinajstić information content (AvgIpc) is 2.80. The summed E-state index contributed by atoms with van der Waals surface area (Å²) in [4.78, 5) is 12.7. The summed E-state index contributed by atoms with van der Waals surface area (Å²) in [7, 11) is 1.40. The fourth-order valence-electron chi connectivity index (χ4n) is 1.48. The molecule has 4 nitrogen and oxygen atoms in total. The normalized spacial score (nSPS) is 34.5. The number of hydrogen-bond acceptors (Lipinski definition) is 3. The molecule has 2 aliphatic heterocycles. The minimum Gasteiger partial charge on any atom is -0.453 e. The van der Waals surface area contributed by atoms with Gasteiger partial charge in [0.15, 0.2) is 0 Å². The average molecular weight is 157 g/mol. The second-order valence-electron chi connectivity index (χ2n) is 2.92. The quantitative estimate of drug-likeness (QED) is 0.472. The summed E-state index contributed by atoms with van der Waals surface area (Å²) in [6.45, 7) is 1.48. The number of fused-ring (bicyclic) bond motifs is 1. The molecule has 2 fully saturated rings. The molecule has 0 aliphatic carbocycles. The predicted octanol–water partition coefficient (Wildman–Crippen LogP) is 0.226. The molecule has 0 aromatic carbocycles. The Bertz CT molecular complexity index is 183. The van der Waals surface area contributed by atoms with E-state index < -0.39 is 0 Å². The van der Waals surface area contributed by atoms with Crippen molar-refractivity contribution >= 4 is 6.09 Å². The Balaban J connectivity index is 1.89. The van der Waals surface area contributed by atoms with Gasteiger partial charge in [-0.3, -0.25) is 0 Å². The van der Waals surface area contributed by atoms with E-state index in [4.69, 9.17) is 4.74 Å². The largest absolute Gasteiger partial charge is 0.453 e. The van der Waals surface area contributed by atoms with Crippen LogP contribution >= 0.6 is 0 Å². The Kier molecular flexibility index (Phi) is 1.49. The Morgan fingerprint density at radius 2 is 2.45 bits per heavy atom. The maximum atomic E-state index is 11.0. The zero-order chi connectivity index (χ0) is 7.84. The summed E-state index contributed by atoms with van der Waals surface area (Å²) in [6.07, 6.45) is 1.44. The summed E-state index contributed by atoms with van der Waals surface area (Å²) >= 11 is 0. The van der Waals surface area contributed by atoms with Crippen LogP contribution in [0.15, 0.2) is 0 Å². The molecule has 2 aliphatic rings. The molecular weight excluding hydrogens is 146 g/mol. The van der Waals surface area contributed by atoms with Crippen LogP contribution in [0.5, 0.6) is 0 Å². The van der Waals surface area contributed by atoms with E-state index in [2.05, 4.69) is 4.74 Å². The molecule has 2 saturated heterocycles. The van der Waals surface area contributed by atoms with Crippen molar-refractivity contribution in [2.45, 2.75) is 18.6 Å². The SMILES string of the molecule is COC(=O)N1CC[C@H]2O[C@@H]2C1. The van der Waals surface area contributed by atoms with Crippen molar-refractivity contribution < 1.29 is 14.3 Å². The summed E-state index contributed by atoms with van der Waals surface area (Å²) in [5.41, 5.74) is 0. The zero-order valence-electron chi connectivity index (χ0n) is 6.45. The summed E-state index contributed by atoms with van der Waals surface area (Å²) in [5.74, 6) is 0. The van der Waals surface area contributed by atoms with E-state index in [9.17, 15) is 4.79 Å². The molecule has 0 unspecified atom stereocenters. The number of hydrogen-bond donors (Lipinski definition) is 0. The van der Waals surface area contributed by atoms with Crippen molar-refractivity contribution in [3.8, 4) is 0 Å². The third-order valence-corrected chi connectivity index (χ3v) is 2.20. The molecule has 1 amide bonds. The van der Waals surface area contributed by atoms with Crippen molar-refractivity contribution in [3.05, 3.63) is 0 Å². The molecule has 0 saturated carbocycles. The van der Waals surface area contributed by atoms with Crippen LogP contribution in [0.1, 0.15) is 6.42 Å². The Morgan fingerprint density at radius 3 is 3.09 bits per heavy atom. The fourth-order valence-corrected chi connectivity index (χ4v) is 1.48. The molecule has 11 heavy (non-hydrogen) atoms. The van der Waals surface area contributed by atoms with Gasteiger partial charge in [-0.25, -0.2) is 4.79 Å². The molecule has 2 rings (SSSR count). The van der Waals surface area contributed by atoms with Gasteiger partial charge >= 0.3 is 6.09 Å². The Morgan fingerprint density at radius 1 is 1.64 bits per heavy atom. The highest BCUT2D eigenvalue weighted by atomic mass is 16.6. The number of likely N-dealkylation sites (tertiary alicyclic amines) is 1. The number of rotatable bonds is 0. The van der Waals surface area contributed by atoms with E-state index in [1.54, 1.807) is 4.90 Å². The maximum Gasteiger partial charge on any atom is 0.409 e. The van der Waals surface area contributed by atoms with Crippen molar-refractivity contribution in [2.24, 2.45) is 0 Å². The van der Waals surface area contributed by atoms with Crippen LogP contribution in [-0.4, -0.2) is 43.4 Å². The number of ether oxygens (including phenoxy) is 2. The molecular formula is C7H11NO3. The lowest BCUT2D eigenvalue weighted by molar-refractivity contribution is 0.118. The summed E-state index contributed by atoms with van der Waals surface area (Å²) < 4.78 is 9.84. The van der Waals surface area contributed by atoms with Gasteiger partial charge < -0.3 is 14.4 Å². The molecule has 4 heteroatoms. The van der Waals surface area contributed by atoms with E-state index >= 15 is 0 Å². The molecule has 2 heterocycles. The number of carbonyl (C=O) groups is 1. The molecule has 0 radical (unpaired) electrons. The van der Waals surface area contributed by atoms with E-state index in [1.165, 1.54) is 7.11 Å². The van der Waals surface area contributed by atoms with Crippen LogP contribution < -0.4 is 0 Å². The van der Waals surface area contributed by atoms with Gasteiger partial charge in [-0.15, -0.1) is 0 Å². The monoisotopic (exact) mass is 157 g/mol. The van der Waals surface area contributed by atoms with Gasteiger partial charge in [0.2, 0.25) is 0 Å². The fraction of sp³-hybridized carbons (Fsp3) is 0.857. The summed E-state index contributed by atoms with van der Waals surface area (Å²) in [5, 5.41) is 0. The number of carbonyl (C=O) groups excluding carboxylic acids is 1. The topological polar surface area (TPSA) is 42.1 Å². The number of amides is 1. The van der Waals surface area contributed by atoms with Gasteiger partial charge in [-0.05, 0) is 6.42 Å². The highest BCUT2D eigenvalue weighted by molar-refractivity contribution is 5.67. The van der Waals surface area contributed by atoms with E-state index in [0.29, 0.717) is 18.8 Å². The van der Waals surface area contributed by atoms with Gasteiger partial charge in [-0.2, -0.15) is 0 Å². The first kappa shape index (κ1) is 6.91. The Labute approximate surface area is 65.1 Å². The lowest BCUT2D eigenvalue weighted by atomic mass is 10.1. The maximum absolute atomic E-state index is 11.0. The van der Waals surface area contributed by atoms with Crippen LogP contribution in [0.4, 0.5) is 4.79 Å². The van der Waals surface area contributed by atoms with Crippen molar-refractivity contribution in [3.63, 3.8) is 0 Å². The van der Waals surface area contributed by atoms with Crippen LogP contribution in [0.2, 0.25) is 0 Å². The molecule has 0 N–H and O–H groups in total. The standard InChI is InChI=1S/C7H11NO3/c1-10-7(9)8-3-2-5-6(4-8)11-5/h5-6H,2-4H2,1H3/t5-,6-/m1/s1. The molecule has 2 atom stereocenters. The molecule has 0 bridgehead atoms. The first-order valence-electron chi connectivity index (χ1n) is 3.79. The van der Waals surface area contributed by atoms with Crippen LogP contribution in [0.25, 0.3) is 0 Å². The molecule has 0 spiro atoms. The van der Waals surface area contributed by atoms with Crippen LogP contribution in [-0.2, 0) is 9.47 Å². The highest BCUT2D eigenvalue weighted by Crippen LogP contribution is 2.30. The van der Waals surface area contributed by atoms with E-state index in [0.717, 1.165) is 13.0 Å². The third kappa shape index (κ3) is 1.18. The second kappa shape index (κ2) is 2.37. The van der Waals surface area contributed by atoms with E-state index in [-0.39, 0.29) is 6.09 Å². The zero-order valence-corrected chi connectivity index (χ0v) is 6.45. The van der Waals surface area contributed by atoms with Crippen molar-refractivity contribution in [1.29, 1.82) is 0 Å². The lowest BCUT2D eigenvalue weighted by Gasteiger charge is -2.22. The number of methoxy groups -OCH3 is 1. The number of nitrogens with zero attached hydrogens (tertiary/aromatic N) is 1. The highest BCUT2D eigenvalue weighted by Gasteiger charge is 2.44. The Hall–Kier alpha value is -0.770. The number of piperidine rings is 1. The van der Waals surface area contributed by atoms with Crippen LogP contribution in [0.3, 0.4) is 0 Å². The molecule has 0 aromatic rings. The van der Waals surface area contributed by atoms with Crippen LogP contribution in [0, 0.1) is 0 Å². The van der Waals surface area contributed by atoms with Crippen molar-refractivity contribution in [2.75, 3.05) is 20.2 Å². The van der Waals surface area contributed by atoms with Gasteiger partial charge in [0, 0.05) is 6.54 Å².